The third kappa shape index (κ3) is 5.60. The van der Waals surface area contributed by atoms with Crippen molar-refractivity contribution in [2.24, 2.45) is 11.1 Å². The number of piperidine rings is 1. The molecule has 1 saturated heterocycles. The minimum absolute atomic E-state index is 0.0262. The summed E-state index contributed by atoms with van der Waals surface area (Å²) in [5.41, 5.74) is 2.42. The Morgan fingerprint density at radius 2 is 1.69 bits per heavy atom. The molecule has 0 aromatic heterocycles. The number of nitrogens with zero attached hydrogens (tertiary/aromatic N) is 2. The highest BCUT2D eigenvalue weighted by atomic mass is 32.2. The van der Waals surface area contributed by atoms with E-state index in [0.717, 1.165) is 11.1 Å². The molecule has 0 unspecified atom stereocenters. The van der Waals surface area contributed by atoms with Gasteiger partial charge in [0.25, 0.3) is 0 Å². The number of fused-ring (bicyclic) bond motifs is 1. The van der Waals surface area contributed by atoms with Gasteiger partial charge in [-0.15, -0.1) is 0 Å². The predicted molar refractivity (Wildman–Crippen MR) is 131 cm³/mol. The maximum Gasteiger partial charge on any atom is 0.238 e. The summed E-state index contributed by atoms with van der Waals surface area (Å²) in [6.07, 6.45) is 4.82. The van der Waals surface area contributed by atoms with Crippen molar-refractivity contribution in [1.29, 1.82) is 0 Å². The first-order valence-corrected chi connectivity index (χ1v) is 13.0. The number of primary sulfonamides is 1. The number of nitrogens with one attached hydrogen (secondary N) is 1. The third-order valence-corrected chi connectivity index (χ3v) is 7.44. The Hall–Kier alpha value is -3.50. The van der Waals surface area contributed by atoms with Crippen LogP contribution in [0.5, 0.6) is 0 Å². The Morgan fingerprint density at radius 1 is 1.03 bits per heavy atom. The van der Waals surface area contributed by atoms with Crippen LogP contribution in [-0.4, -0.2) is 49.0 Å². The molecule has 0 aliphatic carbocycles. The Balaban J connectivity index is 1.34. The lowest BCUT2D eigenvalue weighted by Crippen LogP contribution is -2.43. The molecule has 3 amide bonds. The summed E-state index contributed by atoms with van der Waals surface area (Å²) >= 11 is 0. The van der Waals surface area contributed by atoms with Crippen molar-refractivity contribution in [3.8, 4) is 0 Å². The first-order valence-electron chi connectivity index (χ1n) is 11.4. The van der Waals surface area contributed by atoms with Crippen molar-refractivity contribution >= 4 is 39.5 Å². The van der Waals surface area contributed by atoms with E-state index >= 15 is 0 Å². The van der Waals surface area contributed by atoms with E-state index < -0.39 is 10.0 Å². The van der Waals surface area contributed by atoms with E-state index in [4.69, 9.17) is 5.14 Å². The molecule has 184 valence electrons. The molecular formula is C25H28N4O5S. The lowest BCUT2D eigenvalue weighted by Gasteiger charge is -2.36. The van der Waals surface area contributed by atoms with Crippen LogP contribution in [0, 0.1) is 5.92 Å². The molecule has 0 bridgehead atoms. The van der Waals surface area contributed by atoms with Crippen LogP contribution < -0.4 is 10.5 Å². The number of nitrogens with two attached hydrogens (primary N) is 1. The molecule has 4 rings (SSSR count). The first-order chi connectivity index (χ1) is 16.6. The number of likely N-dealkylation sites (tertiary alicyclic amines) is 1. The van der Waals surface area contributed by atoms with Crippen molar-refractivity contribution < 1.29 is 22.8 Å². The van der Waals surface area contributed by atoms with Crippen LogP contribution in [0.25, 0.3) is 6.08 Å². The topological polar surface area (TPSA) is 130 Å². The van der Waals surface area contributed by atoms with Crippen LogP contribution in [0.1, 0.15) is 43.4 Å². The largest absolute Gasteiger partial charge is 0.343 e. The third-order valence-electron chi connectivity index (χ3n) is 6.51. The number of amides is 3. The Bertz CT molecular complexity index is 1270. The summed E-state index contributed by atoms with van der Waals surface area (Å²) < 4.78 is 22.7. The van der Waals surface area contributed by atoms with Crippen molar-refractivity contribution in [1.82, 2.24) is 9.80 Å². The smallest absolute Gasteiger partial charge is 0.238 e. The number of hydrogen-bond acceptors (Lipinski definition) is 5. The van der Waals surface area contributed by atoms with E-state index in [1.54, 1.807) is 16.0 Å². The summed E-state index contributed by atoms with van der Waals surface area (Å²) in [5.74, 6) is -0.608. The first kappa shape index (κ1) is 24.6. The standard InChI is InChI=1S/C25H28N4O5S/c1-17(30)29-15-12-18-4-2-3-5-22(18)23(29)16-24(31)28-13-10-19(11-14-28)25(32)27-20-6-8-21(9-7-20)35(26,33)34/h2-9,12,15,19,23H,10-11,13-14,16H2,1H3,(H,27,32)(H2,26,33,34)/t23-/m1/s1. The molecule has 0 spiro atoms. The van der Waals surface area contributed by atoms with Gasteiger partial charge in [-0.25, -0.2) is 13.6 Å². The number of carbonyl (C=O) groups is 3. The molecule has 10 heteroatoms. The second-order valence-corrected chi connectivity index (χ2v) is 10.4. The molecule has 0 radical (unpaired) electrons. The minimum atomic E-state index is -3.79. The van der Waals surface area contributed by atoms with Gasteiger partial charge in [0.05, 0.1) is 17.4 Å². The molecule has 35 heavy (non-hydrogen) atoms. The molecule has 2 aromatic carbocycles. The van der Waals surface area contributed by atoms with Gasteiger partial charge in [-0.3, -0.25) is 14.4 Å². The fourth-order valence-corrected chi connectivity index (χ4v) is 5.09. The maximum absolute atomic E-state index is 13.1. The monoisotopic (exact) mass is 496 g/mol. The van der Waals surface area contributed by atoms with Crippen LogP contribution in [0.15, 0.2) is 59.6 Å². The molecule has 0 saturated carbocycles. The van der Waals surface area contributed by atoms with Crippen LogP contribution in [-0.2, 0) is 24.4 Å². The molecule has 1 fully saturated rings. The van der Waals surface area contributed by atoms with Gasteiger partial charge in [-0.2, -0.15) is 0 Å². The van der Waals surface area contributed by atoms with Gasteiger partial charge in [0.15, 0.2) is 0 Å². The van der Waals surface area contributed by atoms with E-state index in [0.29, 0.717) is 31.6 Å². The number of carbonyl (C=O) groups excluding carboxylic acids is 3. The molecule has 9 nitrogen and oxygen atoms in total. The van der Waals surface area contributed by atoms with Gasteiger partial charge < -0.3 is 15.1 Å². The van der Waals surface area contributed by atoms with Crippen molar-refractivity contribution in [2.75, 3.05) is 18.4 Å². The van der Waals surface area contributed by atoms with Crippen LogP contribution in [0.3, 0.4) is 0 Å². The van der Waals surface area contributed by atoms with Crippen LogP contribution in [0.2, 0.25) is 0 Å². The molecule has 2 aliphatic heterocycles. The van der Waals surface area contributed by atoms with E-state index in [1.165, 1.54) is 31.2 Å². The average molecular weight is 497 g/mol. The minimum Gasteiger partial charge on any atom is -0.343 e. The zero-order valence-electron chi connectivity index (χ0n) is 19.4. The van der Waals surface area contributed by atoms with Gasteiger partial charge in [0.2, 0.25) is 27.7 Å². The second-order valence-electron chi connectivity index (χ2n) is 8.80. The molecule has 2 heterocycles. The summed E-state index contributed by atoms with van der Waals surface area (Å²) in [5, 5.41) is 7.90. The Kier molecular flexibility index (Phi) is 7.04. The maximum atomic E-state index is 13.1. The van der Waals surface area contributed by atoms with Gasteiger partial charge in [0.1, 0.15) is 0 Å². The molecular weight excluding hydrogens is 468 g/mol. The number of benzene rings is 2. The molecule has 2 aliphatic rings. The van der Waals surface area contributed by atoms with Gasteiger partial charge in [-0.05, 0) is 54.3 Å². The fraction of sp³-hybridized carbons (Fsp3) is 0.320. The average Bonchev–Trinajstić information content (AvgIpc) is 2.84. The van der Waals surface area contributed by atoms with Gasteiger partial charge in [0, 0.05) is 37.8 Å². The SMILES string of the molecule is CC(=O)N1C=Cc2ccccc2[C@H]1CC(=O)N1CCC(C(=O)Nc2ccc(S(N)(=O)=O)cc2)CC1. The van der Waals surface area contributed by atoms with Crippen molar-refractivity contribution in [3.05, 3.63) is 65.9 Å². The highest BCUT2D eigenvalue weighted by Crippen LogP contribution is 2.34. The van der Waals surface area contributed by atoms with Crippen LogP contribution in [0.4, 0.5) is 5.69 Å². The number of rotatable bonds is 5. The fourth-order valence-electron chi connectivity index (χ4n) is 4.57. The number of hydrogen-bond donors (Lipinski definition) is 2. The van der Waals surface area contributed by atoms with Crippen molar-refractivity contribution in [2.45, 2.75) is 37.1 Å². The highest BCUT2D eigenvalue weighted by Gasteiger charge is 2.32. The summed E-state index contributed by atoms with van der Waals surface area (Å²) in [4.78, 5) is 41.3. The number of anilines is 1. The second kappa shape index (κ2) is 10.0. The molecule has 1 atom stereocenters. The quantitative estimate of drug-likeness (QED) is 0.657. The molecule has 3 N–H and O–H groups in total. The predicted octanol–water partition coefficient (Wildman–Crippen LogP) is 2.48. The van der Waals surface area contributed by atoms with Crippen molar-refractivity contribution in [3.63, 3.8) is 0 Å². The zero-order valence-corrected chi connectivity index (χ0v) is 20.2. The summed E-state index contributed by atoms with van der Waals surface area (Å²) in [6.45, 7) is 2.39. The Labute approximate surface area is 204 Å². The normalized spacial score (nSPS) is 18.2. The zero-order chi connectivity index (χ0) is 25.2. The molecule has 2 aromatic rings. The van der Waals surface area contributed by atoms with E-state index in [1.807, 2.05) is 30.3 Å². The van der Waals surface area contributed by atoms with Gasteiger partial charge >= 0.3 is 0 Å². The Morgan fingerprint density at radius 3 is 2.31 bits per heavy atom. The summed E-state index contributed by atoms with van der Waals surface area (Å²) in [6, 6.07) is 13.1. The van der Waals surface area contributed by atoms with E-state index in [2.05, 4.69) is 5.32 Å². The van der Waals surface area contributed by atoms with Crippen LogP contribution >= 0.6 is 0 Å². The van der Waals surface area contributed by atoms with E-state index in [9.17, 15) is 22.8 Å². The van der Waals surface area contributed by atoms with Gasteiger partial charge in [-0.1, -0.05) is 24.3 Å². The summed E-state index contributed by atoms with van der Waals surface area (Å²) in [7, 11) is -3.79. The lowest BCUT2D eigenvalue weighted by atomic mass is 9.92. The van der Waals surface area contributed by atoms with E-state index in [-0.39, 0.29) is 41.0 Å². The lowest BCUT2D eigenvalue weighted by molar-refractivity contribution is -0.137. The number of sulfonamides is 1. The highest BCUT2D eigenvalue weighted by molar-refractivity contribution is 7.89.